The highest BCUT2D eigenvalue weighted by atomic mass is 31.2. The van der Waals surface area contributed by atoms with Crippen molar-refractivity contribution in [2.45, 2.75) is 53.6 Å². The van der Waals surface area contributed by atoms with Crippen molar-refractivity contribution in [3.8, 4) is 0 Å². The van der Waals surface area contributed by atoms with Crippen molar-refractivity contribution in [1.82, 2.24) is 9.34 Å². The number of hydrogen-bond donors (Lipinski definition) is 0. The molecule has 1 heterocycles. The van der Waals surface area contributed by atoms with Gasteiger partial charge in [-0.2, -0.15) is 0 Å². The van der Waals surface area contributed by atoms with Crippen LogP contribution in [0.5, 0.6) is 0 Å². The van der Waals surface area contributed by atoms with E-state index in [1.807, 2.05) is 7.11 Å². The number of fused-ring (bicyclic) bond motifs is 2. The van der Waals surface area contributed by atoms with Crippen LogP contribution in [0.1, 0.15) is 64.8 Å². The number of nitrogens with zero attached hydrogens (tertiary/aromatic N) is 2. The molecular formula is C33H41N2OP. The molecule has 194 valence electrons. The van der Waals surface area contributed by atoms with E-state index in [-0.39, 0.29) is 22.9 Å². The van der Waals surface area contributed by atoms with Crippen molar-refractivity contribution in [2.24, 2.45) is 10.8 Å². The van der Waals surface area contributed by atoms with E-state index >= 15 is 0 Å². The predicted octanol–water partition coefficient (Wildman–Crippen LogP) is 9.36. The second-order valence-corrected chi connectivity index (χ2v) is 14.4. The topological polar surface area (TPSA) is 15.7 Å². The summed E-state index contributed by atoms with van der Waals surface area (Å²) >= 11 is 0. The first-order valence-electron chi connectivity index (χ1n) is 13.4. The molecule has 4 aromatic carbocycles. The molecule has 37 heavy (non-hydrogen) atoms. The number of rotatable bonds is 5. The van der Waals surface area contributed by atoms with E-state index < -0.39 is 8.45 Å². The fourth-order valence-corrected chi connectivity index (χ4v) is 8.77. The van der Waals surface area contributed by atoms with Gasteiger partial charge in [0, 0.05) is 32.3 Å². The summed E-state index contributed by atoms with van der Waals surface area (Å²) in [6.07, 6.45) is 0. The smallest absolute Gasteiger partial charge is 0.188 e. The Labute approximate surface area is 224 Å². The zero-order valence-electron chi connectivity index (χ0n) is 23.4. The average molecular weight is 513 g/mol. The third-order valence-corrected chi connectivity index (χ3v) is 9.64. The molecule has 0 aromatic heterocycles. The molecule has 0 unspecified atom stereocenters. The van der Waals surface area contributed by atoms with Gasteiger partial charge in [-0.25, -0.2) is 9.34 Å². The minimum atomic E-state index is -0.944. The Morgan fingerprint density at radius 2 is 0.973 bits per heavy atom. The summed E-state index contributed by atoms with van der Waals surface area (Å²) in [6.45, 7) is 16.2. The molecule has 1 saturated heterocycles. The van der Waals surface area contributed by atoms with Crippen molar-refractivity contribution >= 4 is 30.0 Å². The van der Waals surface area contributed by atoms with Crippen molar-refractivity contribution < 1.29 is 4.52 Å². The molecule has 2 atom stereocenters. The van der Waals surface area contributed by atoms with Gasteiger partial charge in [-0.1, -0.05) is 114 Å². The molecular weight excluding hydrogens is 471 g/mol. The van der Waals surface area contributed by atoms with Crippen molar-refractivity contribution in [2.75, 3.05) is 20.2 Å². The van der Waals surface area contributed by atoms with Gasteiger partial charge < -0.3 is 4.52 Å². The monoisotopic (exact) mass is 512 g/mol. The summed E-state index contributed by atoms with van der Waals surface area (Å²) < 4.78 is 11.7. The van der Waals surface area contributed by atoms with Gasteiger partial charge in [-0.3, -0.25) is 0 Å². The molecule has 0 radical (unpaired) electrons. The van der Waals surface area contributed by atoms with E-state index in [2.05, 4.69) is 136 Å². The maximum absolute atomic E-state index is 6.42. The first-order valence-corrected chi connectivity index (χ1v) is 14.6. The first-order chi connectivity index (χ1) is 17.6. The minimum absolute atomic E-state index is 0.0533. The lowest BCUT2D eigenvalue weighted by Gasteiger charge is -2.44. The first kappa shape index (κ1) is 26.3. The molecule has 4 heteroatoms. The molecule has 0 N–H and O–H groups in total. The molecule has 0 bridgehead atoms. The standard InChI is InChI=1S/C33H41N2OP/c1-32(2,3)30(28-18-16-24-12-8-10-14-26(24)22-28)34-20-21-35(37(34)36-7)31(33(4,5)6)29-19-17-25-13-9-11-15-27(25)23-29/h8-19,22-23,30-31H,20-21H2,1-7H3/t30-,31-/m0/s1. The van der Waals surface area contributed by atoms with Gasteiger partial charge in [0.1, 0.15) is 0 Å². The molecule has 4 aromatic rings. The molecule has 0 spiro atoms. The summed E-state index contributed by atoms with van der Waals surface area (Å²) in [5, 5.41) is 5.19. The van der Waals surface area contributed by atoms with Crippen LogP contribution in [-0.4, -0.2) is 29.5 Å². The van der Waals surface area contributed by atoms with E-state index in [1.165, 1.54) is 32.7 Å². The quantitative estimate of drug-likeness (QED) is 0.248. The Hall–Kier alpha value is -2.29. The largest absolute Gasteiger partial charge is 0.335 e. The maximum Gasteiger partial charge on any atom is 0.188 e. The Morgan fingerprint density at radius 1 is 0.595 bits per heavy atom. The molecule has 1 aliphatic heterocycles. The summed E-state index contributed by atoms with van der Waals surface area (Å²) in [4.78, 5) is 0. The van der Waals surface area contributed by atoms with Crippen LogP contribution < -0.4 is 0 Å². The SMILES string of the molecule is COP1N([C@@H](c2ccc3ccccc3c2)C(C)(C)C)CCN1[C@@H](c1ccc2ccccc2c1)C(C)(C)C. The van der Waals surface area contributed by atoms with Crippen LogP contribution in [-0.2, 0) is 4.52 Å². The van der Waals surface area contributed by atoms with E-state index in [0.717, 1.165) is 13.1 Å². The second-order valence-electron chi connectivity index (χ2n) is 12.5. The van der Waals surface area contributed by atoms with Gasteiger partial charge in [0.05, 0.1) is 0 Å². The van der Waals surface area contributed by atoms with Gasteiger partial charge in [0.15, 0.2) is 8.45 Å². The lowest BCUT2D eigenvalue weighted by Crippen LogP contribution is -2.34. The van der Waals surface area contributed by atoms with Gasteiger partial charge in [0.2, 0.25) is 0 Å². The van der Waals surface area contributed by atoms with E-state index in [1.54, 1.807) is 0 Å². The molecule has 0 aliphatic carbocycles. The van der Waals surface area contributed by atoms with Gasteiger partial charge in [-0.15, -0.1) is 0 Å². The molecule has 0 saturated carbocycles. The maximum atomic E-state index is 6.42. The van der Waals surface area contributed by atoms with Crippen LogP contribution in [0.2, 0.25) is 0 Å². The average Bonchev–Trinajstić information content (AvgIpc) is 3.24. The van der Waals surface area contributed by atoms with Gasteiger partial charge >= 0.3 is 0 Å². The fourth-order valence-electron chi connectivity index (χ4n) is 6.18. The molecule has 0 amide bonds. The van der Waals surface area contributed by atoms with Crippen LogP contribution in [0.15, 0.2) is 84.9 Å². The molecule has 1 aliphatic rings. The lowest BCUT2D eigenvalue weighted by atomic mass is 9.81. The third kappa shape index (κ3) is 5.20. The van der Waals surface area contributed by atoms with Crippen LogP contribution >= 0.6 is 8.45 Å². The predicted molar refractivity (Wildman–Crippen MR) is 160 cm³/mol. The van der Waals surface area contributed by atoms with Crippen LogP contribution in [0, 0.1) is 10.8 Å². The van der Waals surface area contributed by atoms with Crippen LogP contribution in [0.3, 0.4) is 0 Å². The highest BCUT2D eigenvalue weighted by Gasteiger charge is 2.47. The number of hydrogen-bond acceptors (Lipinski definition) is 3. The zero-order valence-corrected chi connectivity index (χ0v) is 24.3. The normalized spacial score (nSPS) is 18.0. The third-order valence-electron chi connectivity index (χ3n) is 7.58. The molecule has 1 fully saturated rings. The van der Waals surface area contributed by atoms with Crippen molar-refractivity contribution in [1.29, 1.82) is 0 Å². The summed E-state index contributed by atoms with van der Waals surface area (Å²) in [5.41, 5.74) is 2.85. The van der Waals surface area contributed by atoms with Crippen molar-refractivity contribution in [3.05, 3.63) is 96.1 Å². The van der Waals surface area contributed by atoms with E-state index in [9.17, 15) is 0 Å². The Bertz CT molecular complexity index is 1280. The van der Waals surface area contributed by atoms with Crippen LogP contribution in [0.4, 0.5) is 0 Å². The Morgan fingerprint density at radius 3 is 1.32 bits per heavy atom. The highest BCUT2D eigenvalue weighted by Crippen LogP contribution is 2.62. The Kier molecular flexibility index (Phi) is 7.20. The summed E-state index contributed by atoms with van der Waals surface area (Å²) in [7, 11) is 0.956. The highest BCUT2D eigenvalue weighted by molar-refractivity contribution is 7.47. The fraction of sp³-hybridized carbons (Fsp3) is 0.394. The van der Waals surface area contributed by atoms with Gasteiger partial charge in [-0.05, 0) is 55.6 Å². The van der Waals surface area contributed by atoms with Crippen molar-refractivity contribution in [3.63, 3.8) is 0 Å². The number of benzene rings is 4. The van der Waals surface area contributed by atoms with E-state index in [4.69, 9.17) is 4.52 Å². The minimum Gasteiger partial charge on any atom is -0.335 e. The summed E-state index contributed by atoms with van der Waals surface area (Å²) in [5.74, 6) is 0. The summed E-state index contributed by atoms with van der Waals surface area (Å²) in [6, 6.07) is 31.8. The molecule has 3 nitrogen and oxygen atoms in total. The molecule has 5 rings (SSSR count). The zero-order chi connectivity index (χ0) is 26.4. The van der Waals surface area contributed by atoms with Gasteiger partial charge in [0.25, 0.3) is 0 Å². The van der Waals surface area contributed by atoms with Crippen LogP contribution in [0.25, 0.3) is 21.5 Å². The Balaban J connectivity index is 1.55. The lowest BCUT2D eigenvalue weighted by molar-refractivity contribution is 0.176. The second kappa shape index (κ2) is 10.1. The van der Waals surface area contributed by atoms with E-state index in [0.29, 0.717) is 0 Å².